The summed E-state index contributed by atoms with van der Waals surface area (Å²) in [4.78, 5) is 14.8. The molecule has 5 heteroatoms. The number of nitrogens with zero attached hydrogens (tertiary/aromatic N) is 3. The number of aryl methyl sites for hydroxylation is 2. The standard InChI is InChI=1S/C25H32N4O/c1-6-19-7-9-20(10-8-19)24(28(4)5)16-27-25(30)22(15-26)14-21-13-17(2)29(18(21)3)23-11-12-23/h7-10,13-14,23-24H,6,11-12,16H2,1-5H3,(H,27,30)/b22-14-. The zero-order valence-corrected chi connectivity index (χ0v) is 18.7. The molecule has 0 aliphatic heterocycles. The highest BCUT2D eigenvalue weighted by atomic mass is 16.1. The summed E-state index contributed by atoms with van der Waals surface area (Å²) in [5.41, 5.74) is 5.84. The van der Waals surface area contributed by atoms with Crippen molar-refractivity contribution in [2.45, 2.75) is 52.1 Å². The second-order valence-electron chi connectivity index (χ2n) is 8.38. The lowest BCUT2D eigenvalue weighted by Gasteiger charge is -2.25. The van der Waals surface area contributed by atoms with Crippen LogP contribution < -0.4 is 5.32 Å². The van der Waals surface area contributed by atoms with Crippen LogP contribution in [-0.2, 0) is 11.2 Å². The molecule has 3 rings (SSSR count). The normalized spacial score (nSPS) is 15.2. The number of rotatable bonds is 8. The number of amides is 1. The van der Waals surface area contributed by atoms with E-state index in [-0.39, 0.29) is 17.5 Å². The lowest BCUT2D eigenvalue weighted by molar-refractivity contribution is -0.117. The van der Waals surface area contributed by atoms with Gasteiger partial charge in [0.1, 0.15) is 11.6 Å². The third kappa shape index (κ3) is 4.83. The van der Waals surface area contributed by atoms with Crippen LogP contribution in [-0.4, -0.2) is 36.0 Å². The molecule has 0 radical (unpaired) electrons. The van der Waals surface area contributed by atoms with Crippen molar-refractivity contribution in [1.82, 2.24) is 14.8 Å². The van der Waals surface area contributed by atoms with Gasteiger partial charge in [0.25, 0.3) is 5.91 Å². The number of hydrogen-bond acceptors (Lipinski definition) is 3. The van der Waals surface area contributed by atoms with E-state index in [0.29, 0.717) is 12.6 Å². The quantitative estimate of drug-likeness (QED) is 0.526. The number of carbonyl (C=O) groups excluding carboxylic acids is 1. The zero-order chi connectivity index (χ0) is 21.8. The molecule has 1 aromatic carbocycles. The molecule has 0 saturated heterocycles. The molecular weight excluding hydrogens is 372 g/mol. The lowest BCUT2D eigenvalue weighted by Crippen LogP contribution is -2.35. The van der Waals surface area contributed by atoms with Crippen molar-refractivity contribution in [3.8, 4) is 6.07 Å². The van der Waals surface area contributed by atoms with E-state index in [4.69, 9.17) is 0 Å². The average molecular weight is 405 g/mol. The van der Waals surface area contributed by atoms with Gasteiger partial charge in [-0.25, -0.2) is 0 Å². The van der Waals surface area contributed by atoms with Gasteiger partial charge in [-0.1, -0.05) is 31.2 Å². The number of likely N-dealkylation sites (N-methyl/N-ethyl adjacent to an activating group) is 1. The first-order valence-electron chi connectivity index (χ1n) is 10.7. The Labute approximate surface area is 180 Å². The molecule has 1 aromatic heterocycles. The highest BCUT2D eigenvalue weighted by Gasteiger charge is 2.27. The molecule has 1 amide bonds. The number of nitrogens with one attached hydrogen (secondary N) is 1. The number of benzene rings is 1. The lowest BCUT2D eigenvalue weighted by atomic mass is 10.0. The predicted molar refractivity (Wildman–Crippen MR) is 121 cm³/mol. The SMILES string of the molecule is CCc1ccc(C(CNC(=O)/C(C#N)=C\c2cc(C)n(C3CC3)c2C)N(C)C)cc1. The van der Waals surface area contributed by atoms with Crippen molar-refractivity contribution in [2.24, 2.45) is 0 Å². The fourth-order valence-electron chi connectivity index (χ4n) is 4.01. The van der Waals surface area contributed by atoms with Crippen molar-refractivity contribution < 1.29 is 4.79 Å². The molecule has 1 saturated carbocycles. The Hall–Kier alpha value is -2.84. The maximum Gasteiger partial charge on any atom is 0.262 e. The Morgan fingerprint density at radius 3 is 2.50 bits per heavy atom. The van der Waals surface area contributed by atoms with Gasteiger partial charge in [0.05, 0.1) is 6.04 Å². The fraction of sp³-hybridized carbons (Fsp3) is 0.440. The Kier molecular flexibility index (Phi) is 6.79. The van der Waals surface area contributed by atoms with Crippen LogP contribution in [0.25, 0.3) is 6.08 Å². The van der Waals surface area contributed by atoms with Crippen molar-refractivity contribution >= 4 is 12.0 Å². The predicted octanol–water partition coefficient (Wildman–Crippen LogP) is 4.33. The van der Waals surface area contributed by atoms with Crippen molar-refractivity contribution in [1.29, 1.82) is 5.26 Å². The van der Waals surface area contributed by atoms with Crippen LogP contribution in [0.5, 0.6) is 0 Å². The summed E-state index contributed by atoms with van der Waals surface area (Å²) in [6.45, 7) is 6.72. The van der Waals surface area contributed by atoms with E-state index in [1.54, 1.807) is 6.08 Å². The molecule has 0 bridgehead atoms. The van der Waals surface area contributed by atoms with Crippen molar-refractivity contribution in [3.05, 3.63) is 64.0 Å². The van der Waals surface area contributed by atoms with Crippen LogP contribution >= 0.6 is 0 Å². The summed E-state index contributed by atoms with van der Waals surface area (Å²) in [5.74, 6) is -0.328. The van der Waals surface area contributed by atoms with Gasteiger partial charge in [0.2, 0.25) is 0 Å². The smallest absolute Gasteiger partial charge is 0.262 e. The molecule has 1 N–H and O–H groups in total. The van der Waals surface area contributed by atoms with Gasteiger partial charge in [0, 0.05) is 24.0 Å². The van der Waals surface area contributed by atoms with E-state index in [1.165, 1.54) is 24.1 Å². The van der Waals surface area contributed by atoms with Gasteiger partial charge in [-0.3, -0.25) is 4.79 Å². The van der Waals surface area contributed by atoms with Crippen LogP contribution in [0.4, 0.5) is 0 Å². The fourth-order valence-corrected chi connectivity index (χ4v) is 4.01. The minimum atomic E-state index is -0.328. The molecule has 2 aromatic rings. The van der Waals surface area contributed by atoms with Crippen molar-refractivity contribution in [2.75, 3.05) is 20.6 Å². The van der Waals surface area contributed by atoms with E-state index in [2.05, 4.69) is 72.0 Å². The summed E-state index contributed by atoms with van der Waals surface area (Å²) in [7, 11) is 4.00. The van der Waals surface area contributed by atoms with E-state index in [9.17, 15) is 10.1 Å². The molecule has 0 spiro atoms. The number of hydrogen-bond donors (Lipinski definition) is 1. The Morgan fingerprint density at radius 2 is 1.97 bits per heavy atom. The van der Waals surface area contributed by atoms with Crippen LogP contribution in [0.3, 0.4) is 0 Å². The number of aromatic nitrogens is 1. The summed E-state index contributed by atoms with van der Waals surface area (Å²) in [6, 6.07) is 13.3. The summed E-state index contributed by atoms with van der Waals surface area (Å²) < 4.78 is 2.32. The Bertz CT molecular complexity index is 972. The maximum absolute atomic E-state index is 12.8. The molecule has 5 nitrogen and oxygen atoms in total. The summed E-state index contributed by atoms with van der Waals surface area (Å²) in [5, 5.41) is 12.6. The van der Waals surface area contributed by atoms with E-state index >= 15 is 0 Å². The Morgan fingerprint density at radius 1 is 1.30 bits per heavy atom. The van der Waals surface area contributed by atoms with Crippen LogP contribution in [0, 0.1) is 25.2 Å². The number of nitriles is 1. The van der Waals surface area contributed by atoms with Gasteiger partial charge in [-0.2, -0.15) is 5.26 Å². The minimum absolute atomic E-state index is 0.0414. The highest BCUT2D eigenvalue weighted by molar-refractivity contribution is 6.01. The average Bonchev–Trinajstić information content (AvgIpc) is 3.51. The van der Waals surface area contributed by atoms with Crippen LogP contribution in [0.1, 0.15) is 59.9 Å². The third-order valence-electron chi connectivity index (χ3n) is 5.95. The first kappa shape index (κ1) is 21.9. The van der Waals surface area contributed by atoms with Crippen molar-refractivity contribution in [3.63, 3.8) is 0 Å². The molecular formula is C25H32N4O. The number of carbonyl (C=O) groups is 1. The molecule has 1 atom stereocenters. The van der Waals surface area contributed by atoms with Gasteiger partial charge in [-0.15, -0.1) is 0 Å². The second kappa shape index (κ2) is 9.32. The van der Waals surface area contributed by atoms with E-state index < -0.39 is 0 Å². The highest BCUT2D eigenvalue weighted by Crippen LogP contribution is 2.38. The largest absolute Gasteiger partial charge is 0.349 e. The molecule has 1 unspecified atom stereocenters. The zero-order valence-electron chi connectivity index (χ0n) is 18.7. The van der Waals surface area contributed by atoms with Crippen LogP contribution in [0.15, 0.2) is 35.9 Å². The third-order valence-corrected chi connectivity index (χ3v) is 5.95. The topological polar surface area (TPSA) is 61.1 Å². The molecule has 30 heavy (non-hydrogen) atoms. The molecule has 1 aliphatic rings. The molecule has 158 valence electrons. The van der Waals surface area contributed by atoms with E-state index in [0.717, 1.165) is 23.2 Å². The van der Waals surface area contributed by atoms with Crippen LogP contribution in [0.2, 0.25) is 0 Å². The monoisotopic (exact) mass is 404 g/mol. The van der Waals surface area contributed by atoms with Gasteiger partial charge in [-0.05, 0) is 76.0 Å². The summed E-state index contributed by atoms with van der Waals surface area (Å²) >= 11 is 0. The van der Waals surface area contributed by atoms with Gasteiger partial charge >= 0.3 is 0 Å². The first-order valence-corrected chi connectivity index (χ1v) is 10.7. The van der Waals surface area contributed by atoms with Gasteiger partial charge < -0.3 is 14.8 Å². The van der Waals surface area contributed by atoms with Gasteiger partial charge in [0.15, 0.2) is 0 Å². The summed E-state index contributed by atoms with van der Waals surface area (Å²) in [6.07, 6.45) is 5.13. The molecule has 1 aliphatic carbocycles. The molecule has 1 fully saturated rings. The molecule has 1 heterocycles. The first-order chi connectivity index (χ1) is 14.3. The minimum Gasteiger partial charge on any atom is -0.349 e. The maximum atomic E-state index is 12.8. The van der Waals surface area contributed by atoms with E-state index in [1.807, 2.05) is 14.1 Å². The second-order valence-corrected chi connectivity index (χ2v) is 8.38. The Balaban J connectivity index is 1.73.